The lowest BCUT2D eigenvalue weighted by molar-refractivity contribution is -0.161. The van der Waals surface area contributed by atoms with E-state index in [-0.39, 0.29) is 25.9 Å². The Morgan fingerprint density at radius 2 is 0.712 bits per heavy atom. The lowest BCUT2D eigenvalue weighted by atomic mass is 10.0. The molecule has 0 aliphatic carbocycles. The average Bonchev–Trinajstić information content (AvgIpc) is 3.30. The van der Waals surface area contributed by atoms with E-state index in [0.717, 1.165) is 77.0 Å². The van der Waals surface area contributed by atoms with Crippen molar-refractivity contribution in [1.29, 1.82) is 0 Å². The van der Waals surface area contributed by atoms with E-state index >= 15 is 0 Å². The number of aliphatic hydroxyl groups is 1. The summed E-state index contributed by atoms with van der Waals surface area (Å²) in [5.74, 6) is -1.45. The van der Waals surface area contributed by atoms with Gasteiger partial charge in [-0.3, -0.25) is 23.4 Å². The van der Waals surface area contributed by atoms with Gasteiger partial charge in [-0.05, 0) is 38.5 Å². The Morgan fingerprint density at radius 3 is 1.09 bits per heavy atom. The van der Waals surface area contributed by atoms with Crippen LogP contribution in [0.25, 0.3) is 0 Å². The molecule has 0 aromatic heterocycles. The topological polar surface area (TPSA) is 155 Å². The fourth-order valence-corrected chi connectivity index (χ4v) is 8.71. The molecule has 11 nitrogen and oxygen atoms in total. The van der Waals surface area contributed by atoms with Gasteiger partial charge in [0.2, 0.25) is 0 Å². The Morgan fingerprint density at radius 1 is 0.409 bits per heavy atom. The second-order valence-corrected chi connectivity index (χ2v) is 20.2. The molecular weight excluding hydrogens is 856 g/mol. The first-order valence-electron chi connectivity index (χ1n) is 27.6. The first kappa shape index (κ1) is 64.2. The molecule has 0 aromatic rings. The van der Waals surface area contributed by atoms with Gasteiger partial charge in [0, 0.05) is 19.3 Å². The highest BCUT2D eigenvalue weighted by Crippen LogP contribution is 2.43. The Kier molecular flexibility index (Phi) is 48.3. The number of ether oxygens (including phenoxy) is 3. The number of carbonyl (C=O) groups is 3. The lowest BCUT2D eigenvalue weighted by Gasteiger charge is -2.21. The van der Waals surface area contributed by atoms with Crippen molar-refractivity contribution < 1.29 is 52.2 Å². The number of phosphoric acid groups is 1. The SMILES string of the molecule is CCCC/C=C\CCCCCCCC(=O)OC(COC(=O)CCCCCCCCCCCCCCCCCCCCC)COP(=O)(O)OCC(CO)OC(=O)CCCCCCCCCCC. The van der Waals surface area contributed by atoms with E-state index in [1.54, 1.807) is 0 Å². The molecule has 390 valence electrons. The minimum atomic E-state index is -4.73. The zero-order chi connectivity index (χ0) is 48.4. The highest BCUT2D eigenvalue weighted by Gasteiger charge is 2.28. The third kappa shape index (κ3) is 47.3. The Balaban J connectivity index is 4.61. The number of unbranched alkanes of at least 4 members (excludes halogenated alkanes) is 33. The second-order valence-electron chi connectivity index (χ2n) is 18.8. The normalized spacial score (nSPS) is 13.5. The number of hydrogen-bond donors (Lipinski definition) is 2. The van der Waals surface area contributed by atoms with Crippen molar-refractivity contribution in [2.24, 2.45) is 0 Å². The van der Waals surface area contributed by atoms with Crippen LogP contribution in [0.1, 0.15) is 278 Å². The number of phosphoric ester groups is 1. The largest absolute Gasteiger partial charge is 0.472 e. The molecule has 0 saturated heterocycles. The molecule has 0 fully saturated rings. The van der Waals surface area contributed by atoms with E-state index in [0.29, 0.717) is 19.3 Å². The molecule has 0 radical (unpaired) electrons. The summed E-state index contributed by atoms with van der Waals surface area (Å²) < 4.78 is 39.3. The summed E-state index contributed by atoms with van der Waals surface area (Å²) in [5.41, 5.74) is 0. The van der Waals surface area contributed by atoms with Gasteiger partial charge in [-0.15, -0.1) is 0 Å². The first-order chi connectivity index (χ1) is 32.2. The van der Waals surface area contributed by atoms with Gasteiger partial charge in [0.15, 0.2) is 6.10 Å². The smallest absolute Gasteiger partial charge is 0.462 e. The molecule has 3 unspecified atom stereocenters. The Labute approximate surface area is 405 Å². The fraction of sp³-hybridized carbons (Fsp3) is 0.907. The van der Waals surface area contributed by atoms with Gasteiger partial charge in [-0.2, -0.15) is 0 Å². The molecule has 0 amide bonds. The molecular formula is C54H103O11P. The number of hydrogen-bond acceptors (Lipinski definition) is 10. The van der Waals surface area contributed by atoms with E-state index in [4.69, 9.17) is 23.3 Å². The second kappa shape index (κ2) is 49.6. The van der Waals surface area contributed by atoms with Crippen LogP contribution < -0.4 is 0 Å². The number of allylic oxidation sites excluding steroid dienone is 2. The summed E-state index contributed by atoms with van der Waals surface area (Å²) in [6, 6.07) is 0. The number of esters is 3. The van der Waals surface area contributed by atoms with Gasteiger partial charge in [0.25, 0.3) is 0 Å². The standard InChI is InChI=1S/C54H103O11P/c1-4-7-10-13-16-19-21-22-23-24-25-26-27-28-30-32-34-37-40-43-52(56)61-47-51(65-54(58)45-42-39-36-33-29-20-17-14-11-8-5-2)49-63-66(59,60)62-48-50(46-55)64-53(57)44-41-38-35-31-18-15-12-9-6-3/h14,17,50-51,55H,4-13,15-16,18-49H2,1-3H3,(H,59,60)/b17-14-. The van der Waals surface area contributed by atoms with E-state index in [9.17, 15) is 28.9 Å². The highest BCUT2D eigenvalue weighted by molar-refractivity contribution is 7.47. The van der Waals surface area contributed by atoms with Crippen LogP contribution in [-0.2, 0) is 42.2 Å². The van der Waals surface area contributed by atoms with Gasteiger partial charge in [-0.1, -0.05) is 232 Å². The summed E-state index contributed by atoms with van der Waals surface area (Å²) in [7, 11) is -4.73. The highest BCUT2D eigenvalue weighted by atomic mass is 31.2. The summed E-state index contributed by atoms with van der Waals surface area (Å²) in [6.07, 6.45) is 46.2. The predicted octanol–water partition coefficient (Wildman–Crippen LogP) is 15.7. The number of carbonyl (C=O) groups excluding carboxylic acids is 3. The van der Waals surface area contributed by atoms with Crippen LogP contribution in [0.15, 0.2) is 12.2 Å². The van der Waals surface area contributed by atoms with Crippen molar-refractivity contribution in [2.75, 3.05) is 26.4 Å². The third-order valence-electron chi connectivity index (χ3n) is 12.2. The van der Waals surface area contributed by atoms with Crippen LogP contribution in [0.3, 0.4) is 0 Å². The fourth-order valence-electron chi connectivity index (χ4n) is 7.93. The van der Waals surface area contributed by atoms with Crippen LogP contribution in [0.2, 0.25) is 0 Å². The molecule has 0 aliphatic heterocycles. The molecule has 0 spiro atoms. The lowest BCUT2D eigenvalue weighted by Crippen LogP contribution is -2.30. The molecule has 12 heteroatoms. The molecule has 2 N–H and O–H groups in total. The molecule has 0 aliphatic rings. The van der Waals surface area contributed by atoms with E-state index in [1.807, 2.05) is 0 Å². The third-order valence-corrected chi connectivity index (χ3v) is 13.1. The van der Waals surface area contributed by atoms with E-state index < -0.39 is 57.8 Å². The van der Waals surface area contributed by atoms with Crippen LogP contribution >= 0.6 is 7.82 Å². The van der Waals surface area contributed by atoms with Crippen molar-refractivity contribution in [2.45, 2.75) is 290 Å². The average molecular weight is 959 g/mol. The summed E-state index contributed by atoms with van der Waals surface area (Å²) in [4.78, 5) is 48.2. The minimum Gasteiger partial charge on any atom is -0.462 e. The maximum Gasteiger partial charge on any atom is 0.472 e. The molecule has 0 aromatic carbocycles. The minimum absolute atomic E-state index is 0.163. The van der Waals surface area contributed by atoms with Gasteiger partial charge in [0.05, 0.1) is 19.8 Å². The van der Waals surface area contributed by atoms with Gasteiger partial charge in [0.1, 0.15) is 12.7 Å². The quantitative estimate of drug-likeness (QED) is 0.0197. The van der Waals surface area contributed by atoms with Crippen molar-refractivity contribution in [3.8, 4) is 0 Å². The Bertz CT molecular complexity index is 1160. The summed E-state index contributed by atoms with van der Waals surface area (Å²) in [5, 5.41) is 9.74. The molecule has 66 heavy (non-hydrogen) atoms. The van der Waals surface area contributed by atoms with Gasteiger partial charge in [-0.25, -0.2) is 4.57 Å². The van der Waals surface area contributed by atoms with E-state index in [1.165, 1.54) is 141 Å². The maximum atomic E-state index is 12.8. The zero-order valence-electron chi connectivity index (χ0n) is 42.9. The van der Waals surface area contributed by atoms with Crippen molar-refractivity contribution in [1.82, 2.24) is 0 Å². The predicted molar refractivity (Wildman–Crippen MR) is 270 cm³/mol. The van der Waals surface area contributed by atoms with Crippen LogP contribution in [0.4, 0.5) is 0 Å². The van der Waals surface area contributed by atoms with Crippen molar-refractivity contribution in [3.63, 3.8) is 0 Å². The Hall–Kier alpha value is -1.78. The first-order valence-corrected chi connectivity index (χ1v) is 29.1. The number of rotatable bonds is 52. The molecule has 0 rings (SSSR count). The van der Waals surface area contributed by atoms with Crippen LogP contribution in [0, 0.1) is 0 Å². The number of aliphatic hydroxyl groups excluding tert-OH is 1. The monoisotopic (exact) mass is 959 g/mol. The molecule has 0 saturated carbocycles. The van der Waals surface area contributed by atoms with E-state index in [2.05, 4.69) is 32.9 Å². The van der Waals surface area contributed by atoms with Crippen LogP contribution in [0.5, 0.6) is 0 Å². The molecule has 0 bridgehead atoms. The zero-order valence-corrected chi connectivity index (χ0v) is 43.8. The van der Waals surface area contributed by atoms with Gasteiger partial charge >= 0.3 is 25.7 Å². The molecule has 3 atom stereocenters. The van der Waals surface area contributed by atoms with Gasteiger partial charge < -0.3 is 24.2 Å². The van der Waals surface area contributed by atoms with Crippen molar-refractivity contribution in [3.05, 3.63) is 12.2 Å². The maximum absolute atomic E-state index is 12.8. The summed E-state index contributed by atoms with van der Waals surface area (Å²) in [6.45, 7) is 4.61. The summed E-state index contributed by atoms with van der Waals surface area (Å²) >= 11 is 0. The van der Waals surface area contributed by atoms with Crippen molar-refractivity contribution >= 4 is 25.7 Å². The molecule has 0 heterocycles. The van der Waals surface area contributed by atoms with Crippen LogP contribution in [-0.4, -0.2) is 66.5 Å².